The van der Waals surface area contributed by atoms with E-state index in [2.05, 4.69) is 30.2 Å². The summed E-state index contributed by atoms with van der Waals surface area (Å²) in [7, 11) is 0. The fourth-order valence-corrected chi connectivity index (χ4v) is 2.82. The van der Waals surface area contributed by atoms with Crippen molar-refractivity contribution < 1.29 is 14.6 Å². The minimum absolute atomic E-state index is 0.204. The number of rotatable bonds is 7. The monoisotopic (exact) mass is 328 g/mol. The minimum Gasteiger partial charge on any atom is -0.487 e. The SMILES string of the molecule is CC1(C)Cc2cccc(OC[C@H](O)CNCc3ccccn3)c2O1. The Hall–Kier alpha value is -2.11. The molecule has 0 saturated heterocycles. The van der Waals surface area contributed by atoms with Gasteiger partial charge in [-0.2, -0.15) is 0 Å². The van der Waals surface area contributed by atoms with Gasteiger partial charge in [0.25, 0.3) is 0 Å². The van der Waals surface area contributed by atoms with Gasteiger partial charge in [0.05, 0.1) is 5.69 Å². The van der Waals surface area contributed by atoms with Gasteiger partial charge in [0.15, 0.2) is 11.5 Å². The summed E-state index contributed by atoms with van der Waals surface area (Å²) in [6, 6.07) is 11.7. The van der Waals surface area contributed by atoms with Crippen LogP contribution in [0.1, 0.15) is 25.1 Å². The molecule has 1 aliphatic heterocycles. The molecule has 1 aromatic carbocycles. The van der Waals surface area contributed by atoms with E-state index in [1.54, 1.807) is 6.20 Å². The van der Waals surface area contributed by atoms with Crippen molar-refractivity contribution in [3.63, 3.8) is 0 Å². The summed E-state index contributed by atoms with van der Waals surface area (Å²) in [5.41, 5.74) is 1.90. The Morgan fingerprint density at radius 2 is 2.17 bits per heavy atom. The number of aromatic nitrogens is 1. The Bertz CT molecular complexity index is 674. The number of pyridine rings is 1. The van der Waals surface area contributed by atoms with Gasteiger partial charge in [-0.3, -0.25) is 4.98 Å². The molecular formula is C19H24N2O3. The first-order valence-corrected chi connectivity index (χ1v) is 8.26. The summed E-state index contributed by atoms with van der Waals surface area (Å²) in [5.74, 6) is 1.50. The van der Waals surface area contributed by atoms with Gasteiger partial charge in [-0.15, -0.1) is 0 Å². The number of fused-ring (bicyclic) bond motifs is 1. The van der Waals surface area contributed by atoms with Crippen LogP contribution in [0.2, 0.25) is 0 Å². The molecular weight excluding hydrogens is 304 g/mol. The van der Waals surface area contributed by atoms with Gasteiger partial charge in [-0.25, -0.2) is 0 Å². The smallest absolute Gasteiger partial charge is 0.165 e. The maximum atomic E-state index is 10.1. The number of aliphatic hydroxyl groups excluding tert-OH is 1. The lowest BCUT2D eigenvalue weighted by atomic mass is 10.0. The first-order chi connectivity index (χ1) is 11.5. The van der Waals surface area contributed by atoms with Crippen LogP contribution in [0, 0.1) is 0 Å². The highest BCUT2D eigenvalue weighted by molar-refractivity contribution is 5.50. The van der Waals surface area contributed by atoms with E-state index in [-0.39, 0.29) is 12.2 Å². The predicted molar refractivity (Wildman–Crippen MR) is 92.3 cm³/mol. The standard InChI is InChI=1S/C19H24N2O3/c1-19(2)10-14-6-5-8-17(18(14)24-19)23-13-16(22)12-20-11-15-7-3-4-9-21-15/h3-9,16,20,22H,10-13H2,1-2H3/t16-/m1/s1. The predicted octanol–water partition coefficient (Wildman–Crippen LogP) is 2.32. The van der Waals surface area contributed by atoms with Crippen LogP contribution in [0.4, 0.5) is 0 Å². The van der Waals surface area contributed by atoms with Crippen molar-refractivity contribution in [1.82, 2.24) is 10.3 Å². The zero-order chi connectivity index (χ0) is 17.0. The van der Waals surface area contributed by atoms with Gasteiger partial charge in [-0.05, 0) is 32.0 Å². The average molecular weight is 328 g/mol. The van der Waals surface area contributed by atoms with Gasteiger partial charge in [0.1, 0.15) is 18.3 Å². The molecule has 1 aromatic heterocycles. The van der Waals surface area contributed by atoms with Crippen molar-refractivity contribution in [2.24, 2.45) is 0 Å². The van der Waals surface area contributed by atoms with E-state index in [4.69, 9.17) is 9.47 Å². The molecule has 2 heterocycles. The van der Waals surface area contributed by atoms with Crippen molar-refractivity contribution in [3.8, 4) is 11.5 Å². The molecule has 5 heteroatoms. The number of para-hydroxylation sites is 1. The Morgan fingerprint density at radius 1 is 1.29 bits per heavy atom. The maximum absolute atomic E-state index is 10.1. The highest BCUT2D eigenvalue weighted by atomic mass is 16.5. The molecule has 0 unspecified atom stereocenters. The third kappa shape index (κ3) is 4.24. The number of benzene rings is 1. The van der Waals surface area contributed by atoms with Gasteiger partial charge in [-0.1, -0.05) is 18.2 Å². The lowest BCUT2D eigenvalue weighted by Crippen LogP contribution is -2.31. The van der Waals surface area contributed by atoms with E-state index in [1.807, 2.05) is 30.3 Å². The van der Waals surface area contributed by atoms with E-state index in [0.29, 0.717) is 18.8 Å². The summed E-state index contributed by atoms with van der Waals surface area (Å²) in [6.07, 6.45) is 2.03. The zero-order valence-electron chi connectivity index (χ0n) is 14.2. The maximum Gasteiger partial charge on any atom is 0.165 e. The van der Waals surface area contributed by atoms with Crippen LogP contribution >= 0.6 is 0 Å². The van der Waals surface area contributed by atoms with Crippen molar-refractivity contribution >= 4 is 0 Å². The van der Waals surface area contributed by atoms with E-state index in [0.717, 1.165) is 23.4 Å². The van der Waals surface area contributed by atoms with Crippen LogP contribution in [0.15, 0.2) is 42.6 Å². The lowest BCUT2D eigenvalue weighted by Gasteiger charge is -2.19. The zero-order valence-corrected chi connectivity index (χ0v) is 14.2. The lowest BCUT2D eigenvalue weighted by molar-refractivity contribution is 0.0970. The molecule has 128 valence electrons. The summed E-state index contributed by atoms with van der Waals surface area (Å²) < 4.78 is 11.7. The Morgan fingerprint density at radius 3 is 2.96 bits per heavy atom. The van der Waals surface area contributed by atoms with Crippen LogP contribution in [-0.4, -0.2) is 34.9 Å². The summed E-state index contributed by atoms with van der Waals surface area (Å²) in [4.78, 5) is 4.23. The van der Waals surface area contributed by atoms with E-state index in [9.17, 15) is 5.11 Å². The normalized spacial score (nSPS) is 16.3. The number of hydrogen-bond donors (Lipinski definition) is 2. The molecule has 0 fully saturated rings. The largest absolute Gasteiger partial charge is 0.487 e. The number of nitrogens with one attached hydrogen (secondary N) is 1. The second-order valence-corrected chi connectivity index (χ2v) is 6.70. The molecule has 24 heavy (non-hydrogen) atoms. The molecule has 2 N–H and O–H groups in total. The molecule has 5 nitrogen and oxygen atoms in total. The summed E-state index contributed by atoms with van der Waals surface area (Å²) in [5, 5.41) is 13.3. The molecule has 0 aliphatic carbocycles. The van der Waals surface area contributed by atoms with Gasteiger partial charge in [0.2, 0.25) is 0 Å². The van der Waals surface area contributed by atoms with Crippen LogP contribution < -0.4 is 14.8 Å². The van der Waals surface area contributed by atoms with Crippen LogP contribution in [0.3, 0.4) is 0 Å². The Kier molecular flexibility index (Phi) is 5.02. The molecule has 0 amide bonds. The Labute approximate surface area is 142 Å². The van der Waals surface area contributed by atoms with E-state index in [1.165, 1.54) is 0 Å². The molecule has 2 aromatic rings. The first kappa shape index (κ1) is 16.7. The fraction of sp³-hybridized carbons (Fsp3) is 0.421. The van der Waals surface area contributed by atoms with E-state index < -0.39 is 6.10 Å². The highest BCUT2D eigenvalue weighted by Gasteiger charge is 2.32. The average Bonchev–Trinajstić information content (AvgIpc) is 2.88. The topological polar surface area (TPSA) is 63.6 Å². The second kappa shape index (κ2) is 7.20. The van der Waals surface area contributed by atoms with Crippen LogP contribution in [0.25, 0.3) is 0 Å². The third-order valence-corrected chi connectivity index (χ3v) is 3.90. The summed E-state index contributed by atoms with van der Waals surface area (Å²) >= 11 is 0. The quantitative estimate of drug-likeness (QED) is 0.817. The highest BCUT2D eigenvalue weighted by Crippen LogP contribution is 2.41. The van der Waals surface area contributed by atoms with Crippen molar-refractivity contribution in [2.75, 3.05) is 13.2 Å². The van der Waals surface area contributed by atoms with Gasteiger partial charge < -0.3 is 19.9 Å². The van der Waals surface area contributed by atoms with Crippen molar-refractivity contribution in [2.45, 2.75) is 38.5 Å². The molecule has 0 bridgehead atoms. The first-order valence-electron chi connectivity index (χ1n) is 8.26. The third-order valence-electron chi connectivity index (χ3n) is 3.90. The molecule has 1 aliphatic rings. The number of nitrogens with zero attached hydrogens (tertiary/aromatic N) is 1. The second-order valence-electron chi connectivity index (χ2n) is 6.70. The molecule has 3 rings (SSSR count). The summed E-state index contributed by atoms with van der Waals surface area (Å²) in [6.45, 7) is 5.41. The Balaban J connectivity index is 1.47. The molecule has 0 radical (unpaired) electrons. The van der Waals surface area contributed by atoms with Crippen LogP contribution in [0.5, 0.6) is 11.5 Å². The molecule has 1 atom stereocenters. The van der Waals surface area contributed by atoms with Gasteiger partial charge >= 0.3 is 0 Å². The molecule has 0 spiro atoms. The van der Waals surface area contributed by atoms with Crippen LogP contribution in [-0.2, 0) is 13.0 Å². The van der Waals surface area contributed by atoms with Crippen molar-refractivity contribution in [3.05, 3.63) is 53.9 Å². The van der Waals surface area contributed by atoms with E-state index >= 15 is 0 Å². The number of aliphatic hydroxyl groups is 1. The van der Waals surface area contributed by atoms with Gasteiger partial charge in [0, 0.05) is 31.3 Å². The number of ether oxygens (including phenoxy) is 2. The number of hydrogen-bond acceptors (Lipinski definition) is 5. The van der Waals surface area contributed by atoms with Crippen molar-refractivity contribution in [1.29, 1.82) is 0 Å². The molecule has 0 saturated carbocycles. The minimum atomic E-state index is -0.598. The fourth-order valence-electron chi connectivity index (χ4n) is 2.82.